The van der Waals surface area contributed by atoms with Crippen molar-refractivity contribution in [2.24, 2.45) is 51.2 Å². The Labute approximate surface area is 351 Å². The van der Waals surface area contributed by atoms with Gasteiger partial charge in [0.05, 0.1) is 40.3 Å². The first-order valence-electron chi connectivity index (χ1n) is 22.2. The van der Waals surface area contributed by atoms with Gasteiger partial charge in [0.1, 0.15) is 17.3 Å². The van der Waals surface area contributed by atoms with E-state index in [0.29, 0.717) is 74.4 Å². The number of carbonyl (C=O) groups is 2. The zero-order valence-electron chi connectivity index (χ0n) is 34.9. The molecule has 1 amide bonds. The molecule has 10 nitrogen and oxygen atoms in total. The summed E-state index contributed by atoms with van der Waals surface area (Å²) in [5.74, 6) is 0.370. The van der Waals surface area contributed by atoms with Crippen LogP contribution in [0.2, 0.25) is 0 Å². The number of aromatic hydroxyl groups is 1. The molecule has 0 unspecified atom stereocenters. The number of amides is 1. The molecule has 10 aliphatic rings. The molecule has 320 valence electrons. The molecule has 4 saturated carbocycles. The molecule has 2 saturated heterocycles. The number of phenols is 1. The number of ketones is 1. The monoisotopic (exact) mass is 839 g/mol. The highest BCUT2D eigenvalue weighted by Crippen LogP contribution is 2.73. The first kappa shape index (κ1) is 41.7. The molecule has 0 radical (unpaired) electrons. The molecule has 5 heterocycles. The third-order valence-corrected chi connectivity index (χ3v) is 20.8. The number of phenolic OH excluding ortho intramolecular Hbond substituents is 1. The molecule has 1 aromatic rings. The Morgan fingerprint density at radius 1 is 0.948 bits per heavy atom. The van der Waals surface area contributed by atoms with Crippen LogP contribution < -0.4 is 4.90 Å². The second-order valence-electron chi connectivity index (χ2n) is 20.8. The van der Waals surface area contributed by atoms with Crippen LogP contribution >= 0.6 is 21.6 Å². The van der Waals surface area contributed by atoms with Crippen LogP contribution in [0.15, 0.2) is 29.8 Å². The largest absolute Gasteiger partial charge is 0.508 e. The van der Waals surface area contributed by atoms with Crippen LogP contribution in [0.4, 0.5) is 5.69 Å². The van der Waals surface area contributed by atoms with Gasteiger partial charge in [-0.3, -0.25) is 9.59 Å². The summed E-state index contributed by atoms with van der Waals surface area (Å²) in [7, 11) is 2.75. The second kappa shape index (κ2) is 14.2. The Morgan fingerprint density at radius 2 is 1.71 bits per heavy atom. The van der Waals surface area contributed by atoms with E-state index in [4.69, 9.17) is 4.74 Å². The molecule has 0 aromatic heterocycles. The molecule has 15 atom stereocenters. The van der Waals surface area contributed by atoms with Gasteiger partial charge in [0, 0.05) is 29.5 Å². The first-order chi connectivity index (χ1) is 27.4. The maximum atomic E-state index is 15.1. The predicted molar refractivity (Wildman–Crippen MR) is 225 cm³/mol. The van der Waals surface area contributed by atoms with Gasteiger partial charge in [-0.1, -0.05) is 62.1 Å². The van der Waals surface area contributed by atoms with E-state index in [1.165, 1.54) is 21.6 Å². The molecule has 8 bridgehead atoms. The minimum Gasteiger partial charge on any atom is -0.508 e. The minimum atomic E-state index is -1.49. The van der Waals surface area contributed by atoms with Crippen LogP contribution in [-0.4, -0.2) is 95.7 Å². The number of aliphatic hydroxyl groups excluding tert-OH is 3. The highest BCUT2D eigenvalue weighted by molar-refractivity contribution is 8.76. The number of hydrogen-bond donors (Lipinski definition) is 6. The van der Waals surface area contributed by atoms with Crippen LogP contribution in [0.3, 0.4) is 0 Å². The quantitative estimate of drug-likeness (QED) is 0.148. The van der Waals surface area contributed by atoms with Crippen molar-refractivity contribution in [1.29, 1.82) is 0 Å². The van der Waals surface area contributed by atoms with Gasteiger partial charge in [-0.15, -0.1) is 0 Å². The van der Waals surface area contributed by atoms with Crippen LogP contribution in [0.5, 0.6) is 5.75 Å². The predicted octanol–water partition coefficient (Wildman–Crippen LogP) is 6.32. The average Bonchev–Trinajstić information content (AvgIpc) is 3.84. The van der Waals surface area contributed by atoms with Crippen LogP contribution in [0.25, 0.3) is 0 Å². The summed E-state index contributed by atoms with van der Waals surface area (Å²) in [5.41, 5.74) is -5.67. The number of nitrogens with zero attached hydrogens (tertiary/aromatic N) is 1. The van der Waals surface area contributed by atoms with E-state index >= 15 is 4.79 Å². The summed E-state index contributed by atoms with van der Waals surface area (Å²) in [6.45, 7) is 10.9. The summed E-state index contributed by atoms with van der Waals surface area (Å²) >= 11 is 0. The zero-order chi connectivity index (χ0) is 41.4. The number of rotatable bonds is 4. The number of carbonyl (C=O) groups excluding carboxylic acids is 2. The lowest BCUT2D eigenvalue weighted by molar-refractivity contribution is -0.198. The number of allylic oxidation sites excluding steroid dienone is 1. The smallest absolute Gasteiger partial charge is 0.233 e. The number of hydrogen-bond acceptors (Lipinski definition) is 11. The molecule has 12 heteroatoms. The van der Waals surface area contributed by atoms with E-state index in [1.807, 2.05) is 24.8 Å². The van der Waals surface area contributed by atoms with Crippen molar-refractivity contribution in [2.45, 2.75) is 159 Å². The summed E-state index contributed by atoms with van der Waals surface area (Å²) in [6, 6.07) is 5.46. The summed E-state index contributed by atoms with van der Waals surface area (Å²) < 4.78 is 6.33. The Kier molecular flexibility index (Phi) is 10.2. The molecule has 11 rings (SSSR count). The average molecular weight is 840 g/mol. The zero-order valence-corrected chi connectivity index (χ0v) is 36.5. The molecule has 5 aliphatic carbocycles. The van der Waals surface area contributed by atoms with Gasteiger partial charge in [0.25, 0.3) is 0 Å². The standard InChI is InChI=1S/C46H65NO9S2/c1-25(2)26(3)37-38(56-37)42(5,54)35-11-15-46(55)32-21-36(51)45-23-34(50)33(49)22-41(45,4)31(32)10-14-44(35,46)13-9-27-18-29(20-30(48)19-27)47-17-16-43(39(47)52)12-7-6-8-28(43)24-57-58-40(45)53/h18-21,25-26,28,31,33-35,37-38,40,48-50,53-55H,6-17,22-24H2,1-5H3/t26-,28+,31+,33+,34-,35-,37+,38-,40+,41-,42-,43-,44-,45+,46-/m1/s1. The fourth-order valence-electron chi connectivity index (χ4n) is 14.5. The lowest BCUT2D eigenvalue weighted by atomic mass is 9.40. The van der Waals surface area contributed by atoms with E-state index < -0.39 is 56.6 Å². The van der Waals surface area contributed by atoms with Crippen molar-refractivity contribution in [1.82, 2.24) is 0 Å². The van der Waals surface area contributed by atoms with Crippen LogP contribution in [-0.2, 0) is 20.7 Å². The van der Waals surface area contributed by atoms with Gasteiger partial charge in [0.2, 0.25) is 5.91 Å². The first-order valence-corrected chi connectivity index (χ1v) is 24.6. The Morgan fingerprint density at radius 3 is 2.47 bits per heavy atom. The van der Waals surface area contributed by atoms with Gasteiger partial charge in [-0.2, -0.15) is 0 Å². The molecule has 3 spiro atoms. The normalized spacial score (nSPS) is 46.7. The van der Waals surface area contributed by atoms with Crippen LogP contribution in [0.1, 0.15) is 117 Å². The molecular formula is C46H65NO9S2. The van der Waals surface area contributed by atoms with Gasteiger partial charge in [-0.25, -0.2) is 0 Å². The number of fused-ring (bicyclic) bond motifs is 2. The maximum Gasteiger partial charge on any atom is 0.233 e. The van der Waals surface area contributed by atoms with Gasteiger partial charge in [0.15, 0.2) is 5.78 Å². The fraction of sp³-hybridized carbons (Fsp3) is 0.783. The minimum absolute atomic E-state index is 0.0742. The van der Waals surface area contributed by atoms with E-state index in [-0.39, 0.29) is 60.1 Å². The van der Waals surface area contributed by atoms with E-state index in [9.17, 15) is 35.4 Å². The summed E-state index contributed by atoms with van der Waals surface area (Å²) in [5, 5.41) is 72.7. The SMILES string of the molecule is CC(C)[C@@H](C)[C@@H]1O[C@H]1[C@](C)(O)[C@H]1CC[C@@]2(O)C3=CC(=O)[C@]45C[C@@H](O)[C@@H](O)C[C@]4(C)[C@H]3CC[C@]12CCc1cc(O)cc(c1)N1CC[C@@]2(CCCC[C@H]2CSS[C@@H]5O)C1=O. The van der Waals surface area contributed by atoms with Gasteiger partial charge < -0.3 is 40.3 Å². The lowest BCUT2D eigenvalue weighted by Gasteiger charge is -2.65. The number of epoxide rings is 1. The maximum absolute atomic E-state index is 15.1. The number of aliphatic hydroxyl groups is 5. The van der Waals surface area contributed by atoms with Crippen molar-refractivity contribution in [3.05, 3.63) is 35.4 Å². The number of anilines is 1. The highest BCUT2D eigenvalue weighted by atomic mass is 33.1. The van der Waals surface area contributed by atoms with Gasteiger partial charge in [-0.05, 0) is 142 Å². The molecule has 1 aromatic carbocycles. The number of benzene rings is 1. The number of ether oxygens (including phenoxy) is 1. The van der Waals surface area contributed by atoms with Crippen LogP contribution in [0, 0.1) is 51.2 Å². The van der Waals surface area contributed by atoms with Crippen molar-refractivity contribution < 1.29 is 45.0 Å². The molecule has 6 fully saturated rings. The molecule has 58 heavy (non-hydrogen) atoms. The third kappa shape index (κ3) is 5.73. The summed E-state index contributed by atoms with van der Waals surface area (Å²) in [6.07, 6.45) is 6.05. The Hall–Kier alpha value is -1.64. The molecular weight excluding hydrogens is 775 g/mol. The molecule has 6 N–H and O–H groups in total. The lowest BCUT2D eigenvalue weighted by Crippen LogP contribution is -2.68. The number of aryl methyl sites for hydroxylation is 1. The van der Waals surface area contributed by atoms with Crippen molar-refractivity contribution in [3.8, 4) is 5.75 Å². The van der Waals surface area contributed by atoms with E-state index in [2.05, 4.69) is 20.8 Å². The topological polar surface area (TPSA) is 171 Å². The van der Waals surface area contributed by atoms with E-state index in [1.54, 1.807) is 18.2 Å². The highest BCUT2D eigenvalue weighted by Gasteiger charge is 2.75. The van der Waals surface area contributed by atoms with Crippen molar-refractivity contribution in [2.75, 3.05) is 17.2 Å². The second-order valence-corrected chi connectivity index (χ2v) is 23.3. The van der Waals surface area contributed by atoms with Gasteiger partial charge >= 0.3 is 0 Å². The fourth-order valence-corrected chi connectivity index (χ4v) is 17.6. The Balaban J connectivity index is 1.19. The Bertz CT molecular complexity index is 1870. The third-order valence-electron chi connectivity index (χ3n) is 18.2. The van der Waals surface area contributed by atoms with Crippen molar-refractivity contribution in [3.63, 3.8) is 0 Å². The summed E-state index contributed by atoms with van der Waals surface area (Å²) in [4.78, 5) is 31.7. The van der Waals surface area contributed by atoms with E-state index in [0.717, 1.165) is 31.2 Å². The van der Waals surface area contributed by atoms with Crippen molar-refractivity contribution >= 4 is 39.0 Å². The molecule has 5 aliphatic heterocycles.